The van der Waals surface area contributed by atoms with Gasteiger partial charge in [0.15, 0.2) is 6.29 Å². The lowest BCUT2D eigenvalue weighted by Gasteiger charge is -2.18. The summed E-state index contributed by atoms with van der Waals surface area (Å²) in [6.07, 6.45) is 1.56. The molecule has 0 saturated carbocycles. The van der Waals surface area contributed by atoms with E-state index in [9.17, 15) is 9.90 Å². The summed E-state index contributed by atoms with van der Waals surface area (Å²) in [7, 11) is 0. The first-order chi connectivity index (χ1) is 18.4. The molecule has 1 N–H and O–H groups in total. The molecule has 2 atom stereocenters. The van der Waals surface area contributed by atoms with E-state index in [1.165, 1.54) is 12.1 Å². The minimum absolute atomic E-state index is 0.131. The molecule has 0 aromatic heterocycles. The van der Waals surface area contributed by atoms with Gasteiger partial charge in [-0.2, -0.15) is 0 Å². The summed E-state index contributed by atoms with van der Waals surface area (Å²) >= 11 is 6.25. The maximum Gasteiger partial charge on any atom is 0.153 e. The Bertz CT molecular complexity index is 1300. The zero-order valence-electron chi connectivity index (χ0n) is 21.9. The number of phenolic OH excluding ortho intramolecular Hbond substituents is 1. The summed E-state index contributed by atoms with van der Waals surface area (Å²) in [5.74, 6) is 2.51. The highest BCUT2D eigenvalue weighted by atomic mass is 35.5. The first-order valence-corrected chi connectivity index (χ1v) is 13.5. The number of carbonyl (C=O) groups excluding carboxylic acids is 1. The van der Waals surface area contributed by atoms with Crippen molar-refractivity contribution >= 4 is 17.9 Å². The van der Waals surface area contributed by atoms with Crippen LogP contribution < -0.4 is 9.47 Å². The average Bonchev–Trinajstić information content (AvgIpc) is 3.51. The molecule has 2 saturated heterocycles. The van der Waals surface area contributed by atoms with Gasteiger partial charge in [-0.1, -0.05) is 41.9 Å². The van der Waals surface area contributed by atoms with E-state index in [0.29, 0.717) is 30.5 Å². The molecule has 0 radical (unpaired) electrons. The third-order valence-electron chi connectivity index (χ3n) is 7.80. The maximum absolute atomic E-state index is 11.0. The Labute approximate surface area is 229 Å². The number of hydrogen-bond acceptors (Lipinski definition) is 6. The molecule has 0 amide bonds. The smallest absolute Gasteiger partial charge is 0.153 e. The molecule has 38 heavy (non-hydrogen) atoms. The number of halogens is 1. The van der Waals surface area contributed by atoms with Crippen LogP contribution in [0.1, 0.15) is 33.5 Å². The summed E-state index contributed by atoms with van der Waals surface area (Å²) in [6.45, 7) is 10.3. The summed E-state index contributed by atoms with van der Waals surface area (Å²) in [5.41, 5.74) is 5.58. The molecular weight excluding hydrogens is 502 g/mol. The van der Waals surface area contributed by atoms with Gasteiger partial charge in [0.05, 0.1) is 30.4 Å². The number of phenols is 1. The number of ether oxygens (including phenoxy) is 3. The van der Waals surface area contributed by atoms with E-state index in [0.717, 1.165) is 72.8 Å². The number of benzene rings is 3. The Balaban J connectivity index is 1.23. The lowest BCUT2D eigenvalue weighted by atomic mass is 9.93. The van der Waals surface area contributed by atoms with Crippen LogP contribution in [0.2, 0.25) is 5.02 Å². The Morgan fingerprint density at radius 1 is 1.00 bits per heavy atom. The standard InChI is InChI=1S/C31H34ClNO5/c1-20-22(19-38-31-13-29(35)23(16-34)12-28(31)32)6-3-7-26(20)27-8-4-9-30(21(27)2)37-11-5-10-33-14-24-17-36-18-25(24)15-33/h3-4,6-9,12-13,16,24-25,35H,5,10-11,14-15,17-19H2,1-2H3. The summed E-state index contributed by atoms with van der Waals surface area (Å²) in [4.78, 5) is 13.6. The molecule has 3 aromatic rings. The minimum atomic E-state index is -0.157. The second-order valence-electron chi connectivity index (χ2n) is 10.3. The molecule has 0 bridgehead atoms. The topological polar surface area (TPSA) is 68.2 Å². The van der Waals surface area contributed by atoms with Gasteiger partial charge in [0.1, 0.15) is 23.9 Å². The van der Waals surface area contributed by atoms with Crippen LogP contribution in [-0.2, 0) is 11.3 Å². The molecule has 2 unspecified atom stereocenters. The van der Waals surface area contributed by atoms with Crippen LogP contribution in [-0.4, -0.2) is 55.7 Å². The molecule has 2 fully saturated rings. The fourth-order valence-corrected chi connectivity index (χ4v) is 5.78. The molecule has 6 nitrogen and oxygen atoms in total. The quantitative estimate of drug-likeness (QED) is 0.251. The molecule has 3 aromatic carbocycles. The van der Waals surface area contributed by atoms with E-state index < -0.39 is 0 Å². The van der Waals surface area contributed by atoms with Crippen LogP contribution in [0.3, 0.4) is 0 Å². The largest absolute Gasteiger partial charge is 0.507 e. The van der Waals surface area contributed by atoms with Crippen molar-refractivity contribution < 1.29 is 24.1 Å². The summed E-state index contributed by atoms with van der Waals surface area (Å²) < 4.78 is 17.7. The van der Waals surface area contributed by atoms with Crippen molar-refractivity contribution in [3.8, 4) is 28.4 Å². The molecule has 7 heteroatoms. The minimum Gasteiger partial charge on any atom is -0.507 e. The van der Waals surface area contributed by atoms with Crippen molar-refractivity contribution in [2.45, 2.75) is 26.9 Å². The summed E-state index contributed by atoms with van der Waals surface area (Å²) in [6, 6.07) is 15.1. The normalized spacial score (nSPS) is 18.9. The van der Waals surface area contributed by atoms with Crippen LogP contribution in [0.4, 0.5) is 0 Å². The lowest BCUT2D eigenvalue weighted by molar-refractivity contribution is 0.112. The van der Waals surface area contributed by atoms with E-state index >= 15 is 0 Å². The predicted molar refractivity (Wildman–Crippen MR) is 149 cm³/mol. The third-order valence-corrected chi connectivity index (χ3v) is 8.10. The lowest BCUT2D eigenvalue weighted by Crippen LogP contribution is -2.25. The number of aldehydes is 1. The molecule has 200 valence electrons. The Morgan fingerprint density at radius 2 is 1.71 bits per heavy atom. The number of carbonyl (C=O) groups is 1. The van der Waals surface area contributed by atoms with E-state index in [1.807, 2.05) is 24.3 Å². The molecule has 2 heterocycles. The Kier molecular flexibility index (Phi) is 8.22. The fourth-order valence-electron chi connectivity index (χ4n) is 5.55. The number of nitrogens with zero attached hydrogens (tertiary/aromatic N) is 1. The molecule has 0 spiro atoms. The highest BCUT2D eigenvalue weighted by Gasteiger charge is 2.36. The fraction of sp³-hybridized carbons (Fsp3) is 0.387. The van der Waals surface area contributed by atoms with Gasteiger partial charge in [-0.25, -0.2) is 0 Å². The molecule has 5 rings (SSSR count). The number of rotatable bonds is 10. The van der Waals surface area contributed by atoms with Crippen molar-refractivity contribution in [3.63, 3.8) is 0 Å². The Hall–Kier alpha value is -3.06. The summed E-state index contributed by atoms with van der Waals surface area (Å²) in [5, 5.41) is 10.3. The van der Waals surface area contributed by atoms with E-state index in [-0.39, 0.29) is 22.9 Å². The molecule has 2 aliphatic rings. The zero-order valence-corrected chi connectivity index (χ0v) is 22.7. The number of fused-ring (bicyclic) bond motifs is 1. The van der Waals surface area contributed by atoms with E-state index in [4.69, 9.17) is 25.8 Å². The van der Waals surface area contributed by atoms with Crippen LogP contribution in [0, 0.1) is 25.7 Å². The highest BCUT2D eigenvalue weighted by molar-refractivity contribution is 6.32. The third kappa shape index (κ3) is 5.68. The van der Waals surface area contributed by atoms with Gasteiger partial charge < -0.3 is 24.2 Å². The van der Waals surface area contributed by atoms with Crippen molar-refractivity contribution in [1.82, 2.24) is 4.90 Å². The van der Waals surface area contributed by atoms with Crippen molar-refractivity contribution in [2.75, 3.05) is 39.5 Å². The van der Waals surface area contributed by atoms with Crippen molar-refractivity contribution in [2.24, 2.45) is 11.8 Å². The van der Waals surface area contributed by atoms with E-state index in [2.05, 4.69) is 30.9 Å². The van der Waals surface area contributed by atoms with Crippen LogP contribution >= 0.6 is 11.6 Å². The number of aromatic hydroxyl groups is 1. The molecule has 0 aliphatic carbocycles. The van der Waals surface area contributed by atoms with Gasteiger partial charge >= 0.3 is 0 Å². The SMILES string of the molecule is Cc1c(COc2cc(O)c(C=O)cc2Cl)cccc1-c1cccc(OCCCN2CC3COCC3C2)c1C. The van der Waals surface area contributed by atoms with Gasteiger partial charge in [-0.15, -0.1) is 0 Å². The number of likely N-dealkylation sites (tertiary alicyclic amines) is 1. The number of hydrogen-bond donors (Lipinski definition) is 1. The van der Waals surface area contributed by atoms with Gasteiger partial charge in [0, 0.05) is 37.5 Å². The Morgan fingerprint density at radius 3 is 2.45 bits per heavy atom. The maximum atomic E-state index is 11.0. The van der Waals surface area contributed by atoms with Crippen LogP contribution in [0.15, 0.2) is 48.5 Å². The van der Waals surface area contributed by atoms with Gasteiger partial charge in [0.2, 0.25) is 0 Å². The van der Waals surface area contributed by atoms with Gasteiger partial charge in [-0.3, -0.25) is 4.79 Å². The zero-order chi connectivity index (χ0) is 26.6. The van der Waals surface area contributed by atoms with Crippen LogP contribution in [0.5, 0.6) is 17.2 Å². The van der Waals surface area contributed by atoms with Crippen molar-refractivity contribution in [1.29, 1.82) is 0 Å². The highest BCUT2D eigenvalue weighted by Crippen LogP contribution is 2.35. The van der Waals surface area contributed by atoms with E-state index in [1.54, 1.807) is 0 Å². The van der Waals surface area contributed by atoms with Crippen LogP contribution in [0.25, 0.3) is 11.1 Å². The second-order valence-corrected chi connectivity index (χ2v) is 10.7. The second kappa shape index (κ2) is 11.8. The first-order valence-electron chi connectivity index (χ1n) is 13.2. The molecule has 2 aliphatic heterocycles. The van der Waals surface area contributed by atoms with Gasteiger partial charge in [0.25, 0.3) is 0 Å². The van der Waals surface area contributed by atoms with Crippen molar-refractivity contribution in [3.05, 3.63) is 75.8 Å². The first kappa shape index (κ1) is 26.5. The average molecular weight is 536 g/mol. The van der Waals surface area contributed by atoms with Gasteiger partial charge in [-0.05, 0) is 60.2 Å². The monoisotopic (exact) mass is 535 g/mol. The predicted octanol–water partition coefficient (Wildman–Crippen LogP) is 6.07. The molecular formula is C31H34ClNO5.